The number of fused-ring (bicyclic) bond motifs is 11. The number of benzene rings is 2. The number of rotatable bonds is 2. The van der Waals surface area contributed by atoms with E-state index in [9.17, 15) is 19.2 Å². The zero-order valence-corrected chi connectivity index (χ0v) is 18.5. The van der Waals surface area contributed by atoms with Crippen molar-refractivity contribution in [3.05, 3.63) is 47.5 Å². The fourth-order valence-corrected chi connectivity index (χ4v) is 9.02. The van der Waals surface area contributed by atoms with Crippen molar-refractivity contribution in [1.29, 1.82) is 0 Å². The van der Waals surface area contributed by atoms with E-state index in [1.54, 1.807) is 0 Å². The summed E-state index contributed by atoms with van der Waals surface area (Å²) in [6.07, 6.45) is 3.73. The minimum absolute atomic E-state index is 0.183. The average Bonchev–Trinajstić information content (AvgIpc) is 3.64. The summed E-state index contributed by atoms with van der Waals surface area (Å²) in [5, 5.41) is 2.34. The summed E-state index contributed by atoms with van der Waals surface area (Å²) >= 11 is 0. The van der Waals surface area contributed by atoms with Crippen molar-refractivity contribution in [3.8, 4) is 0 Å². The van der Waals surface area contributed by atoms with E-state index in [2.05, 4.69) is 36.4 Å². The molecule has 10 atom stereocenters. The van der Waals surface area contributed by atoms with E-state index in [-0.39, 0.29) is 83.1 Å². The van der Waals surface area contributed by atoms with E-state index in [1.807, 2.05) is 0 Å². The number of carbonyl (C=O) groups is 4. The van der Waals surface area contributed by atoms with Gasteiger partial charge >= 0.3 is 23.9 Å². The van der Waals surface area contributed by atoms with Gasteiger partial charge in [-0.25, -0.2) is 0 Å². The minimum atomic E-state index is -0.325. The molecular formula is C28H24O6. The Morgan fingerprint density at radius 3 is 1.44 bits per heavy atom. The molecule has 0 spiro atoms. The molecule has 6 nitrogen and oxygen atoms in total. The third-order valence-corrected chi connectivity index (χ3v) is 10.2. The van der Waals surface area contributed by atoms with Gasteiger partial charge in [0.1, 0.15) is 0 Å². The van der Waals surface area contributed by atoms with Crippen LogP contribution in [-0.4, -0.2) is 23.9 Å². The number of ether oxygens (including phenoxy) is 2. The lowest BCUT2D eigenvalue weighted by molar-refractivity contribution is -0.156. The highest BCUT2D eigenvalue weighted by molar-refractivity contribution is 5.98. The van der Waals surface area contributed by atoms with Gasteiger partial charge in [0.2, 0.25) is 0 Å². The molecule has 2 saturated heterocycles. The lowest BCUT2D eigenvalue weighted by Crippen LogP contribution is -2.29. The molecule has 6 fully saturated rings. The highest BCUT2D eigenvalue weighted by Gasteiger charge is 2.64. The molecule has 34 heavy (non-hydrogen) atoms. The first-order valence-corrected chi connectivity index (χ1v) is 12.5. The van der Waals surface area contributed by atoms with Gasteiger partial charge in [-0.3, -0.25) is 19.2 Å². The Morgan fingerprint density at radius 1 is 0.529 bits per heavy atom. The second kappa shape index (κ2) is 6.35. The summed E-state index contributed by atoms with van der Waals surface area (Å²) < 4.78 is 9.95. The maximum absolute atomic E-state index is 12.3. The SMILES string of the molecule is O=C1OC(=O)C2C3CC(CC3c3ccc4ccc(C5CC6CC5C5C(=O)OC(=O)C65)cc4c3)C12. The summed E-state index contributed by atoms with van der Waals surface area (Å²) in [6.45, 7) is 0. The number of esters is 4. The number of cyclic esters (lactones) is 4. The van der Waals surface area contributed by atoms with E-state index in [4.69, 9.17) is 9.47 Å². The molecule has 8 rings (SSSR count). The molecule has 0 aromatic heterocycles. The van der Waals surface area contributed by atoms with Crippen molar-refractivity contribution < 1.29 is 28.7 Å². The molecule has 6 aliphatic rings. The predicted octanol–water partition coefficient (Wildman–Crippen LogP) is 3.72. The standard InChI is InChI=1S/C28H24O6/c29-25-21-15-7-17(19(9-15)23(21)27(31)33-25)12-3-1-11-2-4-13(6-14(11)5-12)18-8-16-10-20(18)24-22(16)26(30)34-28(24)32/h1-6,15-24H,7-10H2. The average molecular weight is 456 g/mol. The van der Waals surface area contributed by atoms with Gasteiger partial charge in [-0.05, 0) is 83.1 Å². The number of carbonyl (C=O) groups excluding carboxylic acids is 4. The van der Waals surface area contributed by atoms with Crippen LogP contribution in [0.1, 0.15) is 48.6 Å². The van der Waals surface area contributed by atoms with Gasteiger partial charge in [0.05, 0.1) is 23.7 Å². The summed E-state index contributed by atoms with van der Waals surface area (Å²) in [4.78, 5) is 48.9. The van der Waals surface area contributed by atoms with Crippen molar-refractivity contribution in [3.63, 3.8) is 0 Å². The fraction of sp³-hybridized carbons (Fsp3) is 0.500. The molecular weight excluding hydrogens is 432 g/mol. The van der Waals surface area contributed by atoms with Crippen LogP contribution in [0.2, 0.25) is 0 Å². The second-order valence-corrected chi connectivity index (χ2v) is 11.5. The summed E-state index contributed by atoms with van der Waals surface area (Å²) in [6, 6.07) is 13.2. The Bertz CT molecular complexity index is 1230. The van der Waals surface area contributed by atoms with Crippen molar-refractivity contribution in [2.75, 3.05) is 0 Å². The third-order valence-electron chi connectivity index (χ3n) is 10.2. The molecule has 4 saturated carbocycles. The fourth-order valence-electron chi connectivity index (χ4n) is 9.02. The normalized spacial score (nSPS) is 43.5. The second-order valence-electron chi connectivity index (χ2n) is 11.5. The Hall–Kier alpha value is -3.02. The van der Waals surface area contributed by atoms with E-state index >= 15 is 0 Å². The Morgan fingerprint density at radius 2 is 0.971 bits per heavy atom. The van der Waals surface area contributed by atoms with Crippen LogP contribution in [0.25, 0.3) is 10.8 Å². The Balaban J connectivity index is 1.11. The molecule has 0 radical (unpaired) electrons. The molecule has 4 aliphatic carbocycles. The van der Waals surface area contributed by atoms with E-state index in [0.29, 0.717) is 0 Å². The molecule has 2 aromatic carbocycles. The van der Waals surface area contributed by atoms with Gasteiger partial charge in [-0.1, -0.05) is 36.4 Å². The van der Waals surface area contributed by atoms with Crippen LogP contribution in [0.5, 0.6) is 0 Å². The van der Waals surface area contributed by atoms with Crippen LogP contribution in [-0.2, 0) is 28.7 Å². The van der Waals surface area contributed by atoms with E-state index < -0.39 is 0 Å². The lowest BCUT2D eigenvalue weighted by Gasteiger charge is -2.29. The van der Waals surface area contributed by atoms with E-state index in [1.165, 1.54) is 21.9 Å². The van der Waals surface area contributed by atoms with Gasteiger partial charge < -0.3 is 9.47 Å². The quantitative estimate of drug-likeness (QED) is 0.506. The number of hydrogen-bond acceptors (Lipinski definition) is 6. The molecule has 172 valence electrons. The number of hydrogen-bond donors (Lipinski definition) is 0. The van der Waals surface area contributed by atoms with Crippen LogP contribution in [0.4, 0.5) is 0 Å². The monoisotopic (exact) mass is 456 g/mol. The highest BCUT2D eigenvalue weighted by Crippen LogP contribution is 2.62. The van der Waals surface area contributed by atoms with Crippen LogP contribution in [0.15, 0.2) is 36.4 Å². The maximum atomic E-state index is 12.3. The molecule has 2 aliphatic heterocycles. The third kappa shape index (κ3) is 2.32. The Labute approximate surface area is 196 Å². The van der Waals surface area contributed by atoms with Crippen LogP contribution in [0.3, 0.4) is 0 Å². The van der Waals surface area contributed by atoms with Gasteiger partial charge in [-0.15, -0.1) is 0 Å². The summed E-state index contributed by atoms with van der Waals surface area (Å²) in [5.41, 5.74) is 2.47. The molecule has 4 bridgehead atoms. The topological polar surface area (TPSA) is 86.7 Å². The van der Waals surface area contributed by atoms with Crippen LogP contribution >= 0.6 is 0 Å². The first-order valence-electron chi connectivity index (χ1n) is 12.5. The highest BCUT2D eigenvalue weighted by atomic mass is 16.6. The van der Waals surface area contributed by atoms with Crippen LogP contribution < -0.4 is 0 Å². The van der Waals surface area contributed by atoms with Crippen molar-refractivity contribution in [2.45, 2.75) is 37.5 Å². The molecule has 0 amide bonds. The molecule has 0 N–H and O–H groups in total. The van der Waals surface area contributed by atoms with Gasteiger partial charge in [-0.2, -0.15) is 0 Å². The maximum Gasteiger partial charge on any atom is 0.317 e. The van der Waals surface area contributed by atoms with E-state index in [0.717, 1.165) is 25.7 Å². The van der Waals surface area contributed by atoms with Gasteiger partial charge in [0.25, 0.3) is 0 Å². The molecule has 2 aromatic rings. The van der Waals surface area contributed by atoms with Crippen LogP contribution in [0, 0.1) is 47.3 Å². The van der Waals surface area contributed by atoms with Gasteiger partial charge in [0.15, 0.2) is 0 Å². The minimum Gasteiger partial charge on any atom is -0.393 e. The zero-order valence-electron chi connectivity index (χ0n) is 18.5. The van der Waals surface area contributed by atoms with Crippen molar-refractivity contribution >= 4 is 34.6 Å². The molecule has 10 unspecified atom stereocenters. The molecule has 2 heterocycles. The summed E-state index contributed by atoms with van der Waals surface area (Å²) in [7, 11) is 0. The largest absolute Gasteiger partial charge is 0.393 e. The Kier molecular flexibility index (Phi) is 3.60. The molecule has 6 heteroatoms. The first-order chi connectivity index (χ1) is 16.5. The first kappa shape index (κ1) is 19.3. The van der Waals surface area contributed by atoms with Crippen molar-refractivity contribution in [1.82, 2.24) is 0 Å². The van der Waals surface area contributed by atoms with Gasteiger partial charge in [0, 0.05) is 0 Å². The zero-order chi connectivity index (χ0) is 22.9. The summed E-state index contributed by atoms with van der Waals surface area (Å²) in [5.74, 6) is -0.852. The van der Waals surface area contributed by atoms with Crippen molar-refractivity contribution in [2.24, 2.45) is 47.3 Å². The lowest BCUT2D eigenvalue weighted by atomic mass is 9.72. The predicted molar refractivity (Wildman–Crippen MR) is 118 cm³/mol. The smallest absolute Gasteiger partial charge is 0.317 e.